The van der Waals surface area contributed by atoms with Crippen LogP contribution in [0.3, 0.4) is 0 Å². The third-order valence-corrected chi connectivity index (χ3v) is 6.19. The number of piperidine rings is 1. The molecule has 1 saturated heterocycles. The van der Waals surface area contributed by atoms with Crippen LogP contribution in [0.25, 0.3) is 0 Å². The standard InChI is InChI=1S/C13H18BrN3O3S/c1-16-13(18)9-3-2-6-17(8-9)21(19,20)10-4-5-11(14)12(15)7-10/h4-5,7,9H,2-3,6,8,15H2,1H3,(H,16,18). The van der Waals surface area contributed by atoms with Crippen LogP contribution < -0.4 is 11.1 Å². The van der Waals surface area contributed by atoms with Gasteiger partial charge in [-0.05, 0) is 47.0 Å². The lowest BCUT2D eigenvalue weighted by Gasteiger charge is -2.31. The molecule has 1 unspecified atom stereocenters. The summed E-state index contributed by atoms with van der Waals surface area (Å²) < 4.78 is 27.3. The van der Waals surface area contributed by atoms with Gasteiger partial charge in [0.25, 0.3) is 0 Å². The van der Waals surface area contributed by atoms with Gasteiger partial charge in [-0.25, -0.2) is 8.42 Å². The Bertz CT molecular complexity index is 648. The molecule has 2 rings (SSSR count). The van der Waals surface area contributed by atoms with Crippen molar-refractivity contribution in [1.82, 2.24) is 9.62 Å². The van der Waals surface area contributed by atoms with Gasteiger partial charge >= 0.3 is 0 Å². The Labute approximate surface area is 132 Å². The molecule has 1 aromatic carbocycles. The zero-order valence-corrected chi connectivity index (χ0v) is 14.1. The first-order valence-electron chi connectivity index (χ1n) is 6.63. The molecule has 3 N–H and O–H groups in total. The zero-order valence-electron chi connectivity index (χ0n) is 11.7. The lowest BCUT2D eigenvalue weighted by atomic mass is 9.99. The fourth-order valence-corrected chi connectivity index (χ4v) is 4.22. The van der Waals surface area contributed by atoms with Crippen LogP contribution in [-0.4, -0.2) is 38.8 Å². The minimum Gasteiger partial charge on any atom is -0.398 e. The van der Waals surface area contributed by atoms with Gasteiger partial charge in [-0.2, -0.15) is 4.31 Å². The quantitative estimate of drug-likeness (QED) is 0.775. The second-order valence-electron chi connectivity index (χ2n) is 5.00. The molecule has 1 aromatic rings. The number of amides is 1. The van der Waals surface area contributed by atoms with Gasteiger partial charge in [0.15, 0.2) is 0 Å². The van der Waals surface area contributed by atoms with Gasteiger partial charge in [0.2, 0.25) is 15.9 Å². The van der Waals surface area contributed by atoms with E-state index in [-0.39, 0.29) is 23.3 Å². The minimum absolute atomic E-state index is 0.120. The third-order valence-electron chi connectivity index (χ3n) is 3.61. The molecule has 0 saturated carbocycles. The number of hydrogen-bond donors (Lipinski definition) is 2. The van der Waals surface area contributed by atoms with E-state index in [0.29, 0.717) is 29.5 Å². The molecule has 0 aliphatic carbocycles. The van der Waals surface area contributed by atoms with Crippen molar-refractivity contribution < 1.29 is 13.2 Å². The number of carbonyl (C=O) groups excluding carboxylic acids is 1. The number of hydrogen-bond acceptors (Lipinski definition) is 4. The Morgan fingerprint density at radius 3 is 2.81 bits per heavy atom. The maximum atomic E-state index is 12.6. The summed E-state index contributed by atoms with van der Waals surface area (Å²) in [4.78, 5) is 11.9. The Balaban J connectivity index is 2.26. The van der Waals surface area contributed by atoms with Gasteiger partial charge < -0.3 is 11.1 Å². The molecule has 21 heavy (non-hydrogen) atoms. The number of nitrogens with two attached hydrogens (primary N) is 1. The molecule has 1 amide bonds. The van der Waals surface area contributed by atoms with Crippen LogP contribution in [0.15, 0.2) is 27.6 Å². The van der Waals surface area contributed by atoms with Crippen molar-refractivity contribution in [2.75, 3.05) is 25.9 Å². The monoisotopic (exact) mass is 375 g/mol. The van der Waals surface area contributed by atoms with Crippen molar-refractivity contribution in [2.24, 2.45) is 5.92 Å². The summed E-state index contributed by atoms with van der Waals surface area (Å²) in [7, 11) is -2.06. The SMILES string of the molecule is CNC(=O)C1CCCN(S(=O)(=O)c2ccc(Br)c(N)c2)C1. The fourth-order valence-electron chi connectivity index (χ4n) is 2.41. The van der Waals surface area contributed by atoms with Crippen molar-refractivity contribution in [2.45, 2.75) is 17.7 Å². The molecule has 1 fully saturated rings. The summed E-state index contributed by atoms with van der Waals surface area (Å²) in [5.41, 5.74) is 6.12. The van der Waals surface area contributed by atoms with Crippen molar-refractivity contribution >= 4 is 37.5 Å². The van der Waals surface area contributed by atoms with E-state index >= 15 is 0 Å². The highest BCUT2D eigenvalue weighted by molar-refractivity contribution is 9.10. The number of sulfonamides is 1. The molecule has 1 aliphatic heterocycles. The first-order chi connectivity index (χ1) is 9.86. The zero-order chi connectivity index (χ0) is 15.6. The average Bonchev–Trinajstić information content (AvgIpc) is 2.49. The highest BCUT2D eigenvalue weighted by Crippen LogP contribution is 2.27. The van der Waals surface area contributed by atoms with Crippen LogP contribution in [0.1, 0.15) is 12.8 Å². The molecule has 6 nitrogen and oxygen atoms in total. The number of nitrogens with zero attached hydrogens (tertiary/aromatic N) is 1. The van der Waals surface area contributed by atoms with Crippen molar-refractivity contribution in [3.05, 3.63) is 22.7 Å². The molecule has 1 aliphatic rings. The number of nitrogen functional groups attached to an aromatic ring is 1. The molecule has 1 heterocycles. The van der Waals surface area contributed by atoms with E-state index < -0.39 is 10.0 Å². The predicted molar refractivity (Wildman–Crippen MR) is 84.1 cm³/mol. The van der Waals surface area contributed by atoms with Gasteiger partial charge in [-0.1, -0.05) is 0 Å². The fraction of sp³-hybridized carbons (Fsp3) is 0.462. The van der Waals surface area contributed by atoms with Crippen LogP contribution in [0.5, 0.6) is 0 Å². The summed E-state index contributed by atoms with van der Waals surface area (Å²) >= 11 is 3.24. The van der Waals surface area contributed by atoms with Crippen LogP contribution in [0.4, 0.5) is 5.69 Å². The van der Waals surface area contributed by atoms with Crippen molar-refractivity contribution in [1.29, 1.82) is 0 Å². The number of carbonyl (C=O) groups is 1. The summed E-state index contributed by atoms with van der Waals surface area (Å²) in [6.07, 6.45) is 1.37. The Kier molecular flexibility index (Phi) is 4.90. The molecular formula is C13H18BrN3O3S. The van der Waals surface area contributed by atoms with Gasteiger partial charge in [-0.15, -0.1) is 0 Å². The lowest BCUT2D eigenvalue weighted by Crippen LogP contribution is -2.44. The van der Waals surface area contributed by atoms with E-state index in [0.717, 1.165) is 0 Å². The smallest absolute Gasteiger partial charge is 0.243 e. The summed E-state index contributed by atoms with van der Waals surface area (Å²) in [6, 6.07) is 4.56. The number of halogens is 1. The third kappa shape index (κ3) is 3.38. The second kappa shape index (κ2) is 6.33. The lowest BCUT2D eigenvalue weighted by molar-refractivity contribution is -0.125. The topological polar surface area (TPSA) is 92.5 Å². The molecule has 0 aromatic heterocycles. The molecule has 1 atom stereocenters. The number of nitrogens with one attached hydrogen (secondary N) is 1. The van der Waals surface area contributed by atoms with Gasteiger partial charge in [0.05, 0.1) is 10.8 Å². The normalized spacial score (nSPS) is 20.2. The molecular weight excluding hydrogens is 358 g/mol. The van der Waals surface area contributed by atoms with E-state index in [1.807, 2.05) is 0 Å². The predicted octanol–water partition coefficient (Wildman–Crippen LogP) is 1.18. The Morgan fingerprint density at radius 1 is 1.48 bits per heavy atom. The molecule has 0 bridgehead atoms. The summed E-state index contributed by atoms with van der Waals surface area (Å²) in [5, 5.41) is 2.58. The minimum atomic E-state index is -3.62. The average molecular weight is 376 g/mol. The van der Waals surface area contributed by atoms with E-state index in [1.54, 1.807) is 13.1 Å². The first-order valence-corrected chi connectivity index (χ1v) is 8.86. The van der Waals surface area contributed by atoms with E-state index in [9.17, 15) is 13.2 Å². The van der Waals surface area contributed by atoms with Crippen LogP contribution in [0, 0.1) is 5.92 Å². The van der Waals surface area contributed by atoms with E-state index in [4.69, 9.17) is 5.73 Å². The van der Waals surface area contributed by atoms with Crippen LogP contribution in [0.2, 0.25) is 0 Å². The molecule has 8 heteroatoms. The van der Waals surface area contributed by atoms with Crippen LogP contribution in [-0.2, 0) is 14.8 Å². The largest absolute Gasteiger partial charge is 0.398 e. The maximum absolute atomic E-state index is 12.6. The number of rotatable bonds is 3. The Morgan fingerprint density at radius 2 is 2.19 bits per heavy atom. The summed E-state index contributed by atoms with van der Waals surface area (Å²) in [5.74, 6) is -0.420. The van der Waals surface area contributed by atoms with Crippen LogP contribution >= 0.6 is 15.9 Å². The van der Waals surface area contributed by atoms with E-state index in [1.165, 1.54) is 16.4 Å². The molecule has 0 radical (unpaired) electrons. The highest BCUT2D eigenvalue weighted by atomic mass is 79.9. The highest BCUT2D eigenvalue weighted by Gasteiger charge is 2.33. The second-order valence-corrected chi connectivity index (χ2v) is 7.79. The molecule has 0 spiro atoms. The van der Waals surface area contributed by atoms with Gasteiger partial charge in [-0.3, -0.25) is 4.79 Å². The van der Waals surface area contributed by atoms with E-state index in [2.05, 4.69) is 21.2 Å². The number of anilines is 1. The first kappa shape index (κ1) is 16.3. The molecule has 116 valence electrons. The number of benzene rings is 1. The van der Waals surface area contributed by atoms with Gasteiger partial charge in [0, 0.05) is 30.3 Å². The van der Waals surface area contributed by atoms with Crippen molar-refractivity contribution in [3.63, 3.8) is 0 Å². The van der Waals surface area contributed by atoms with Gasteiger partial charge in [0.1, 0.15) is 0 Å². The van der Waals surface area contributed by atoms with Crippen molar-refractivity contribution in [3.8, 4) is 0 Å². The Hall–Kier alpha value is -1.12. The maximum Gasteiger partial charge on any atom is 0.243 e. The summed E-state index contributed by atoms with van der Waals surface area (Å²) in [6.45, 7) is 0.629.